The lowest BCUT2D eigenvalue weighted by molar-refractivity contribution is -0.120. The lowest BCUT2D eigenvalue weighted by atomic mass is 9.88. The summed E-state index contributed by atoms with van der Waals surface area (Å²) in [5.74, 6) is -0.745. The number of nitrogens with one attached hydrogen (secondary N) is 4. The first-order chi connectivity index (χ1) is 15.5. The Morgan fingerprint density at radius 1 is 0.875 bits per heavy atom. The van der Waals surface area contributed by atoms with Gasteiger partial charge in [0, 0.05) is 23.2 Å². The van der Waals surface area contributed by atoms with Crippen LogP contribution in [0.2, 0.25) is 0 Å². The molecule has 2 aromatic carbocycles. The first kappa shape index (κ1) is 23.1. The molecule has 0 spiro atoms. The van der Waals surface area contributed by atoms with E-state index < -0.39 is 11.8 Å². The van der Waals surface area contributed by atoms with Gasteiger partial charge in [0.25, 0.3) is 5.91 Å². The number of hydrogen-bond donors (Lipinski definition) is 4. The molecule has 1 fully saturated rings. The Hall–Kier alpha value is -3.52. The summed E-state index contributed by atoms with van der Waals surface area (Å²) in [5, 5.41) is 5.33. The maximum Gasteiger partial charge on any atom is 0.269 e. The van der Waals surface area contributed by atoms with Crippen LogP contribution in [-0.2, 0) is 9.59 Å². The summed E-state index contributed by atoms with van der Waals surface area (Å²) in [6.45, 7) is 0. The van der Waals surface area contributed by atoms with E-state index in [9.17, 15) is 14.4 Å². The van der Waals surface area contributed by atoms with Crippen LogP contribution in [0.25, 0.3) is 6.08 Å². The summed E-state index contributed by atoms with van der Waals surface area (Å²) >= 11 is 5.02. The largest absolute Gasteiger partial charge is 0.326 e. The minimum atomic E-state index is -0.424. The second kappa shape index (κ2) is 11.8. The van der Waals surface area contributed by atoms with Crippen molar-refractivity contribution in [1.82, 2.24) is 16.2 Å². The number of amides is 3. The zero-order valence-corrected chi connectivity index (χ0v) is 18.4. The van der Waals surface area contributed by atoms with Gasteiger partial charge in [0.05, 0.1) is 0 Å². The van der Waals surface area contributed by atoms with Crippen molar-refractivity contribution in [2.45, 2.75) is 32.1 Å². The summed E-state index contributed by atoms with van der Waals surface area (Å²) in [4.78, 5) is 36.5. The third-order valence-corrected chi connectivity index (χ3v) is 5.35. The molecule has 0 bridgehead atoms. The van der Waals surface area contributed by atoms with Crippen LogP contribution in [0, 0.1) is 5.92 Å². The Labute approximate surface area is 192 Å². The second-order valence-corrected chi connectivity index (χ2v) is 7.95. The van der Waals surface area contributed by atoms with Gasteiger partial charge in [0.1, 0.15) is 0 Å². The van der Waals surface area contributed by atoms with Gasteiger partial charge < -0.3 is 5.32 Å². The number of benzene rings is 2. The molecule has 2 aromatic rings. The Morgan fingerprint density at radius 3 is 2.25 bits per heavy atom. The van der Waals surface area contributed by atoms with E-state index in [0.29, 0.717) is 11.3 Å². The van der Waals surface area contributed by atoms with Crippen molar-refractivity contribution < 1.29 is 14.4 Å². The van der Waals surface area contributed by atoms with Crippen molar-refractivity contribution in [3.05, 3.63) is 71.8 Å². The molecule has 1 aliphatic carbocycles. The van der Waals surface area contributed by atoms with Gasteiger partial charge in [0.2, 0.25) is 11.8 Å². The molecule has 0 heterocycles. The standard InChI is InChI=1S/C24H26N4O3S/c29-21(16-11-17-7-3-1-4-8-17)26-24(32)28-27-23(31)19-12-14-20(15-13-19)25-22(30)18-9-5-2-6-10-18/h1,3-4,7-8,11-16,18H,2,5-6,9-10H2,(H,25,30)(H,27,31)(H2,26,28,29,32). The Balaban J connectivity index is 1.42. The van der Waals surface area contributed by atoms with Crippen LogP contribution in [0.5, 0.6) is 0 Å². The minimum absolute atomic E-state index is 0.0302. The quantitative estimate of drug-likeness (QED) is 0.317. The summed E-state index contributed by atoms with van der Waals surface area (Å²) < 4.78 is 0. The van der Waals surface area contributed by atoms with E-state index in [1.807, 2.05) is 30.3 Å². The molecule has 0 saturated heterocycles. The van der Waals surface area contributed by atoms with E-state index in [2.05, 4.69) is 21.5 Å². The number of thiocarbonyl (C=S) groups is 1. The summed E-state index contributed by atoms with van der Waals surface area (Å²) in [5.41, 5.74) is 6.84. The highest BCUT2D eigenvalue weighted by Crippen LogP contribution is 2.25. The van der Waals surface area contributed by atoms with E-state index in [1.54, 1.807) is 30.3 Å². The fraction of sp³-hybridized carbons (Fsp3) is 0.250. The van der Waals surface area contributed by atoms with Gasteiger partial charge in [-0.1, -0.05) is 49.6 Å². The van der Waals surface area contributed by atoms with E-state index in [4.69, 9.17) is 12.2 Å². The lowest BCUT2D eigenvalue weighted by Gasteiger charge is -2.20. The van der Waals surface area contributed by atoms with Crippen LogP contribution in [-0.4, -0.2) is 22.8 Å². The van der Waals surface area contributed by atoms with Crippen LogP contribution in [0.3, 0.4) is 0 Å². The third-order valence-electron chi connectivity index (χ3n) is 5.14. The highest BCUT2D eigenvalue weighted by molar-refractivity contribution is 7.80. The van der Waals surface area contributed by atoms with Gasteiger partial charge in [-0.3, -0.25) is 30.6 Å². The van der Waals surface area contributed by atoms with Crippen molar-refractivity contribution >= 4 is 46.8 Å². The zero-order valence-electron chi connectivity index (χ0n) is 17.6. The molecule has 0 aliphatic heterocycles. The SMILES string of the molecule is O=C(C=Cc1ccccc1)NC(=S)NNC(=O)c1ccc(NC(=O)C2CCCCC2)cc1. The maximum absolute atomic E-state index is 12.3. The van der Waals surface area contributed by atoms with E-state index in [0.717, 1.165) is 31.2 Å². The number of rotatable bonds is 5. The van der Waals surface area contributed by atoms with Gasteiger partial charge in [-0.2, -0.15) is 0 Å². The fourth-order valence-corrected chi connectivity index (χ4v) is 3.57. The summed E-state index contributed by atoms with van der Waals surface area (Å²) in [7, 11) is 0. The molecule has 0 radical (unpaired) electrons. The molecule has 4 N–H and O–H groups in total. The highest BCUT2D eigenvalue weighted by Gasteiger charge is 2.21. The predicted molar refractivity (Wildman–Crippen MR) is 128 cm³/mol. The topological polar surface area (TPSA) is 99.3 Å². The molecule has 1 saturated carbocycles. The molecular formula is C24H26N4O3S. The second-order valence-electron chi connectivity index (χ2n) is 7.54. The zero-order chi connectivity index (χ0) is 22.8. The molecule has 0 atom stereocenters. The van der Waals surface area contributed by atoms with Crippen LogP contribution in [0.4, 0.5) is 5.69 Å². The first-order valence-corrected chi connectivity index (χ1v) is 11.0. The lowest BCUT2D eigenvalue weighted by Crippen LogP contribution is -2.48. The smallest absolute Gasteiger partial charge is 0.269 e. The van der Waals surface area contributed by atoms with Crippen LogP contribution < -0.4 is 21.5 Å². The van der Waals surface area contributed by atoms with Gasteiger partial charge in [0.15, 0.2) is 5.11 Å². The van der Waals surface area contributed by atoms with Crippen LogP contribution >= 0.6 is 12.2 Å². The van der Waals surface area contributed by atoms with Crippen molar-refractivity contribution in [1.29, 1.82) is 0 Å². The van der Waals surface area contributed by atoms with Gasteiger partial charge in [-0.05, 0) is 61.0 Å². The van der Waals surface area contributed by atoms with Crippen LogP contribution in [0.1, 0.15) is 48.0 Å². The van der Waals surface area contributed by atoms with E-state index in [-0.39, 0.29) is 16.9 Å². The summed E-state index contributed by atoms with van der Waals surface area (Å²) in [6, 6.07) is 16.0. The van der Waals surface area contributed by atoms with Gasteiger partial charge in [-0.25, -0.2) is 0 Å². The van der Waals surface area contributed by atoms with Crippen LogP contribution in [0.15, 0.2) is 60.7 Å². The Kier molecular flexibility index (Phi) is 8.51. The number of carbonyl (C=O) groups is 3. The average Bonchev–Trinajstić information content (AvgIpc) is 2.83. The number of hydrazine groups is 1. The molecule has 8 heteroatoms. The molecule has 3 rings (SSSR count). The molecule has 3 amide bonds. The molecule has 166 valence electrons. The average molecular weight is 451 g/mol. The van der Waals surface area contributed by atoms with E-state index >= 15 is 0 Å². The molecule has 7 nitrogen and oxygen atoms in total. The normalized spacial score (nSPS) is 13.9. The highest BCUT2D eigenvalue weighted by atomic mass is 32.1. The molecule has 32 heavy (non-hydrogen) atoms. The number of hydrogen-bond acceptors (Lipinski definition) is 4. The number of carbonyl (C=O) groups excluding carboxylic acids is 3. The predicted octanol–water partition coefficient (Wildman–Crippen LogP) is 3.55. The molecule has 1 aliphatic rings. The fourth-order valence-electron chi connectivity index (χ4n) is 3.42. The van der Waals surface area contributed by atoms with Crippen molar-refractivity contribution in [2.24, 2.45) is 5.92 Å². The van der Waals surface area contributed by atoms with Gasteiger partial charge in [-0.15, -0.1) is 0 Å². The Morgan fingerprint density at radius 2 is 1.56 bits per heavy atom. The van der Waals surface area contributed by atoms with Crippen molar-refractivity contribution in [3.63, 3.8) is 0 Å². The van der Waals surface area contributed by atoms with Crippen molar-refractivity contribution in [3.8, 4) is 0 Å². The molecular weight excluding hydrogens is 424 g/mol. The molecule has 0 aromatic heterocycles. The first-order valence-electron chi connectivity index (χ1n) is 10.6. The maximum atomic E-state index is 12.3. The Bertz CT molecular complexity index is 984. The van der Waals surface area contributed by atoms with Gasteiger partial charge >= 0.3 is 0 Å². The number of anilines is 1. The molecule has 0 unspecified atom stereocenters. The van der Waals surface area contributed by atoms with E-state index in [1.165, 1.54) is 12.5 Å². The third kappa shape index (κ3) is 7.31. The minimum Gasteiger partial charge on any atom is -0.326 e. The monoisotopic (exact) mass is 450 g/mol. The summed E-state index contributed by atoms with van der Waals surface area (Å²) in [6.07, 6.45) is 8.24. The van der Waals surface area contributed by atoms with Crippen molar-refractivity contribution in [2.75, 3.05) is 5.32 Å².